The number of hydrogen-bond donors (Lipinski definition) is 2. The Bertz CT molecular complexity index is 186. The number of benzene rings is 1. The van der Waals surface area contributed by atoms with Crippen molar-refractivity contribution in [2.24, 2.45) is 5.73 Å². The van der Waals surface area contributed by atoms with Gasteiger partial charge >= 0.3 is 0 Å². The van der Waals surface area contributed by atoms with E-state index in [4.69, 9.17) is 11.5 Å². The highest BCUT2D eigenvalue weighted by Gasteiger charge is 1.85. The van der Waals surface area contributed by atoms with Crippen molar-refractivity contribution >= 4 is 30.5 Å². The van der Waals surface area contributed by atoms with Gasteiger partial charge in [-0.15, -0.1) is 24.8 Å². The number of halogens is 2. The molecule has 0 bridgehead atoms. The Morgan fingerprint density at radius 3 is 1.82 bits per heavy atom. The van der Waals surface area contributed by atoms with Crippen molar-refractivity contribution in [2.45, 2.75) is 6.54 Å². The van der Waals surface area contributed by atoms with Gasteiger partial charge in [0.25, 0.3) is 0 Å². The molecule has 11 heavy (non-hydrogen) atoms. The maximum Gasteiger partial charge on any atom is 0.0314 e. The van der Waals surface area contributed by atoms with Gasteiger partial charge in [-0.25, -0.2) is 0 Å². The molecule has 0 amide bonds. The Morgan fingerprint density at radius 1 is 1.00 bits per heavy atom. The number of nitrogens with two attached hydrogens (primary N) is 2. The second-order valence-electron chi connectivity index (χ2n) is 1.95. The molecule has 1 rings (SSSR count). The molecule has 0 fully saturated rings. The van der Waals surface area contributed by atoms with E-state index < -0.39 is 0 Å². The number of rotatable bonds is 1. The van der Waals surface area contributed by atoms with Crippen LogP contribution in [0.2, 0.25) is 0 Å². The molecule has 0 aliphatic heterocycles. The molecule has 64 valence electrons. The lowest BCUT2D eigenvalue weighted by atomic mass is 10.2. The zero-order chi connectivity index (χ0) is 6.69. The maximum absolute atomic E-state index is 5.44. The Labute approximate surface area is 78.8 Å². The summed E-state index contributed by atoms with van der Waals surface area (Å²) in [5, 5.41) is 0. The van der Waals surface area contributed by atoms with Gasteiger partial charge in [-0.3, -0.25) is 0 Å². The molecule has 0 saturated carbocycles. The van der Waals surface area contributed by atoms with Crippen molar-refractivity contribution in [2.75, 3.05) is 5.73 Å². The number of nitrogen functional groups attached to an aromatic ring is 1. The van der Waals surface area contributed by atoms with Crippen LogP contribution in [0.1, 0.15) is 5.56 Å². The van der Waals surface area contributed by atoms with E-state index in [1.165, 1.54) is 0 Å². The maximum atomic E-state index is 5.44. The SMILES string of the molecule is Cl.Cl.NCc1ccc(N)cc1. The molecule has 0 saturated heterocycles. The van der Waals surface area contributed by atoms with Crippen molar-refractivity contribution in [1.82, 2.24) is 0 Å². The van der Waals surface area contributed by atoms with Gasteiger partial charge in [0.05, 0.1) is 0 Å². The second-order valence-corrected chi connectivity index (χ2v) is 1.95. The smallest absolute Gasteiger partial charge is 0.0314 e. The third kappa shape index (κ3) is 4.09. The van der Waals surface area contributed by atoms with E-state index in [1.807, 2.05) is 24.3 Å². The molecule has 0 atom stereocenters. The summed E-state index contributed by atoms with van der Waals surface area (Å²) in [6.45, 7) is 0.584. The van der Waals surface area contributed by atoms with Crippen LogP contribution in [0.25, 0.3) is 0 Å². The molecular formula is C7H12Cl2N2. The topological polar surface area (TPSA) is 52.0 Å². The van der Waals surface area contributed by atoms with Crippen LogP contribution in [0.5, 0.6) is 0 Å². The van der Waals surface area contributed by atoms with Gasteiger partial charge in [-0.05, 0) is 17.7 Å². The van der Waals surface area contributed by atoms with E-state index in [2.05, 4.69) is 0 Å². The highest BCUT2D eigenvalue weighted by molar-refractivity contribution is 5.85. The van der Waals surface area contributed by atoms with Gasteiger partial charge in [0.1, 0.15) is 0 Å². The third-order valence-electron chi connectivity index (χ3n) is 1.22. The minimum atomic E-state index is 0. The van der Waals surface area contributed by atoms with Crippen LogP contribution in [0.15, 0.2) is 24.3 Å². The third-order valence-corrected chi connectivity index (χ3v) is 1.22. The summed E-state index contributed by atoms with van der Waals surface area (Å²) in [7, 11) is 0. The summed E-state index contributed by atoms with van der Waals surface area (Å²) in [5.41, 5.74) is 12.7. The van der Waals surface area contributed by atoms with Crippen molar-refractivity contribution < 1.29 is 0 Å². The summed E-state index contributed by atoms with van der Waals surface area (Å²) < 4.78 is 0. The molecule has 0 aliphatic rings. The Kier molecular flexibility index (Phi) is 7.52. The fourth-order valence-corrected chi connectivity index (χ4v) is 0.654. The van der Waals surface area contributed by atoms with Gasteiger partial charge in [0.15, 0.2) is 0 Å². The van der Waals surface area contributed by atoms with Gasteiger partial charge in [-0.1, -0.05) is 12.1 Å². The monoisotopic (exact) mass is 194 g/mol. The zero-order valence-electron chi connectivity index (χ0n) is 5.99. The highest BCUT2D eigenvalue weighted by Crippen LogP contribution is 2.03. The minimum Gasteiger partial charge on any atom is -0.399 e. The summed E-state index contributed by atoms with van der Waals surface area (Å²) in [6.07, 6.45) is 0. The first-order valence-electron chi connectivity index (χ1n) is 2.87. The standard InChI is InChI=1S/C7H10N2.2ClH/c8-5-6-1-3-7(9)4-2-6;;/h1-4H,5,8-9H2;2*1H. The molecule has 0 aromatic heterocycles. The summed E-state index contributed by atoms with van der Waals surface area (Å²) >= 11 is 0. The predicted octanol–water partition coefficient (Wildman–Crippen LogP) is 1.57. The number of hydrogen-bond acceptors (Lipinski definition) is 2. The summed E-state index contributed by atoms with van der Waals surface area (Å²) in [4.78, 5) is 0. The lowest BCUT2D eigenvalue weighted by molar-refractivity contribution is 1.07. The van der Waals surface area contributed by atoms with E-state index >= 15 is 0 Å². The van der Waals surface area contributed by atoms with E-state index in [-0.39, 0.29) is 24.8 Å². The van der Waals surface area contributed by atoms with Crippen molar-refractivity contribution in [3.05, 3.63) is 29.8 Å². The van der Waals surface area contributed by atoms with Crippen LogP contribution in [0.3, 0.4) is 0 Å². The predicted molar refractivity (Wildman–Crippen MR) is 53.2 cm³/mol. The average Bonchev–Trinajstić information content (AvgIpc) is 1.90. The Hall–Kier alpha value is -0.440. The molecule has 0 heterocycles. The summed E-state index contributed by atoms with van der Waals surface area (Å²) in [5.74, 6) is 0. The Balaban J connectivity index is 0. The van der Waals surface area contributed by atoms with Crippen LogP contribution in [0, 0.1) is 0 Å². The molecule has 2 nitrogen and oxygen atoms in total. The fourth-order valence-electron chi connectivity index (χ4n) is 0.654. The molecule has 1 aromatic rings. The molecular weight excluding hydrogens is 183 g/mol. The Morgan fingerprint density at radius 2 is 1.45 bits per heavy atom. The lowest BCUT2D eigenvalue weighted by Gasteiger charge is -1.94. The zero-order valence-corrected chi connectivity index (χ0v) is 7.62. The van der Waals surface area contributed by atoms with E-state index in [0.29, 0.717) is 6.54 Å². The van der Waals surface area contributed by atoms with Crippen LogP contribution in [0.4, 0.5) is 5.69 Å². The molecule has 0 unspecified atom stereocenters. The van der Waals surface area contributed by atoms with Gasteiger partial charge in [-0.2, -0.15) is 0 Å². The van der Waals surface area contributed by atoms with Crippen LogP contribution < -0.4 is 11.5 Å². The molecule has 0 aliphatic carbocycles. The van der Waals surface area contributed by atoms with Gasteiger partial charge < -0.3 is 11.5 Å². The largest absolute Gasteiger partial charge is 0.399 e. The molecule has 0 radical (unpaired) electrons. The molecule has 4 N–H and O–H groups in total. The van der Waals surface area contributed by atoms with E-state index in [9.17, 15) is 0 Å². The first-order chi connectivity index (χ1) is 4.33. The van der Waals surface area contributed by atoms with Crippen molar-refractivity contribution in [1.29, 1.82) is 0 Å². The summed E-state index contributed by atoms with van der Waals surface area (Å²) in [6, 6.07) is 7.55. The van der Waals surface area contributed by atoms with Gasteiger partial charge in [0, 0.05) is 12.2 Å². The molecule has 4 heteroatoms. The minimum absolute atomic E-state index is 0. The van der Waals surface area contributed by atoms with E-state index in [1.54, 1.807) is 0 Å². The van der Waals surface area contributed by atoms with Crippen LogP contribution in [-0.2, 0) is 6.54 Å². The van der Waals surface area contributed by atoms with Crippen molar-refractivity contribution in [3.63, 3.8) is 0 Å². The highest BCUT2D eigenvalue weighted by atomic mass is 35.5. The fraction of sp³-hybridized carbons (Fsp3) is 0.143. The van der Waals surface area contributed by atoms with Crippen molar-refractivity contribution in [3.8, 4) is 0 Å². The lowest BCUT2D eigenvalue weighted by Crippen LogP contribution is -1.95. The quantitative estimate of drug-likeness (QED) is 0.668. The first kappa shape index (κ1) is 13.2. The molecule has 0 spiro atoms. The van der Waals surface area contributed by atoms with Gasteiger partial charge in [0.2, 0.25) is 0 Å². The van der Waals surface area contributed by atoms with E-state index in [0.717, 1.165) is 11.3 Å². The molecule has 1 aromatic carbocycles. The average molecular weight is 195 g/mol. The number of anilines is 1. The first-order valence-corrected chi connectivity index (χ1v) is 2.87. The van der Waals surface area contributed by atoms with Crippen LogP contribution in [-0.4, -0.2) is 0 Å². The van der Waals surface area contributed by atoms with Crippen LogP contribution >= 0.6 is 24.8 Å². The second kappa shape index (κ2) is 6.28. The normalized spacial score (nSPS) is 7.73.